The molecule has 1 fully saturated rings. The zero-order chi connectivity index (χ0) is 14.1. The van der Waals surface area contributed by atoms with Crippen molar-refractivity contribution in [3.05, 3.63) is 69.2 Å². The van der Waals surface area contributed by atoms with E-state index in [-0.39, 0.29) is 0 Å². The van der Waals surface area contributed by atoms with E-state index in [2.05, 4.69) is 12.1 Å². The molecule has 1 N–H and O–H groups in total. The highest BCUT2D eigenvalue weighted by Crippen LogP contribution is 2.38. The maximum absolute atomic E-state index is 10.5. The lowest BCUT2D eigenvalue weighted by molar-refractivity contribution is 0.220. The molecule has 3 rings (SSSR count). The molecular formula is C17H16Cl2O. The fourth-order valence-electron chi connectivity index (χ4n) is 2.63. The Hall–Kier alpha value is -1.02. The summed E-state index contributed by atoms with van der Waals surface area (Å²) in [5.41, 5.74) is 2.90. The minimum Gasteiger partial charge on any atom is -0.384 e. The van der Waals surface area contributed by atoms with Crippen LogP contribution in [0.15, 0.2) is 42.5 Å². The predicted octanol–water partition coefficient (Wildman–Crippen LogP) is 5.34. The van der Waals surface area contributed by atoms with Crippen LogP contribution >= 0.6 is 23.2 Å². The third kappa shape index (κ3) is 2.71. The second-order valence-electron chi connectivity index (χ2n) is 5.37. The molecule has 3 heteroatoms. The normalized spacial score (nSPS) is 16.8. The summed E-state index contributed by atoms with van der Waals surface area (Å²) in [7, 11) is 0. The fourth-order valence-corrected chi connectivity index (χ4v) is 3.14. The van der Waals surface area contributed by atoms with Gasteiger partial charge in [0.15, 0.2) is 0 Å². The third-order valence-electron chi connectivity index (χ3n) is 4.06. The van der Waals surface area contributed by atoms with Gasteiger partial charge in [0.1, 0.15) is 6.10 Å². The topological polar surface area (TPSA) is 20.2 Å². The second-order valence-corrected chi connectivity index (χ2v) is 6.21. The van der Waals surface area contributed by atoms with Crippen LogP contribution in [0.1, 0.15) is 48.0 Å². The number of halogens is 2. The number of hydrogen-bond donors (Lipinski definition) is 1. The van der Waals surface area contributed by atoms with Gasteiger partial charge >= 0.3 is 0 Å². The van der Waals surface area contributed by atoms with E-state index in [4.69, 9.17) is 23.2 Å². The van der Waals surface area contributed by atoms with Crippen molar-refractivity contribution in [1.29, 1.82) is 0 Å². The zero-order valence-electron chi connectivity index (χ0n) is 11.0. The number of hydrogen-bond acceptors (Lipinski definition) is 1. The fraction of sp³-hybridized carbons (Fsp3) is 0.294. The maximum atomic E-state index is 10.5. The van der Waals surface area contributed by atoms with E-state index in [1.54, 1.807) is 18.2 Å². The standard InChI is InChI=1S/C17H16Cl2O/c18-14-7-8-15(16(19)10-14)17(20)13-6-2-5-12(9-13)11-3-1-4-11/h2,5-11,17,20H,1,3-4H2. The van der Waals surface area contributed by atoms with Crippen LogP contribution in [0.25, 0.3) is 0 Å². The van der Waals surface area contributed by atoms with Gasteiger partial charge in [0.25, 0.3) is 0 Å². The molecule has 1 aliphatic rings. The van der Waals surface area contributed by atoms with Crippen LogP contribution in [0.4, 0.5) is 0 Å². The molecule has 0 heterocycles. The largest absolute Gasteiger partial charge is 0.384 e. The van der Waals surface area contributed by atoms with E-state index >= 15 is 0 Å². The summed E-state index contributed by atoms with van der Waals surface area (Å²) >= 11 is 12.1. The van der Waals surface area contributed by atoms with Crippen molar-refractivity contribution in [2.24, 2.45) is 0 Å². The average Bonchev–Trinajstić information content (AvgIpc) is 2.36. The van der Waals surface area contributed by atoms with Gasteiger partial charge in [-0.3, -0.25) is 0 Å². The number of aliphatic hydroxyl groups is 1. The van der Waals surface area contributed by atoms with Crippen molar-refractivity contribution in [3.8, 4) is 0 Å². The van der Waals surface area contributed by atoms with Crippen LogP contribution in [0.5, 0.6) is 0 Å². The van der Waals surface area contributed by atoms with Crippen molar-refractivity contribution in [2.45, 2.75) is 31.3 Å². The Morgan fingerprint density at radius 3 is 2.50 bits per heavy atom. The van der Waals surface area contributed by atoms with E-state index in [0.29, 0.717) is 21.5 Å². The van der Waals surface area contributed by atoms with Gasteiger partial charge in [-0.25, -0.2) is 0 Å². The van der Waals surface area contributed by atoms with Gasteiger partial charge in [-0.05, 0) is 42.0 Å². The molecule has 2 aromatic carbocycles. The molecule has 0 aliphatic heterocycles. The first-order valence-corrected chi connectivity index (χ1v) is 7.63. The molecular weight excluding hydrogens is 291 g/mol. The quantitative estimate of drug-likeness (QED) is 0.811. The van der Waals surface area contributed by atoms with Gasteiger partial charge in [-0.15, -0.1) is 0 Å². The van der Waals surface area contributed by atoms with Crippen molar-refractivity contribution in [2.75, 3.05) is 0 Å². The summed E-state index contributed by atoms with van der Waals surface area (Å²) in [6.07, 6.45) is 3.10. The van der Waals surface area contributed by atoms with Crippen LogP contribution in [0.3, 0.4) is 0 Å². The molecule has 1 saturated carbocycles. The number of rotatable bonds is 3. The molecule has 0 aromatic heterocycles. The molecule has 1 atom stereocenters. The lowest BCUT2D eigenvalue weighted by Crippen LogP contribution is -2.09. The molecule has 0 radical (unpaired) electrons. The Kier molecular flexibility index (Phi) is 4.02. The monoisotopic (exact) mass is 306 g/mol. The SMILES string of the molecule is OC(c1cccc(C2CCC2)c1)c1ccc(Cl)cc1Cl. The second kappa shape index (κ2) is 5.77. The van der Waals surface area contributed by atoms with Crippen molar-refractivity contribution >= 4 is 23.2 Å². The van der Waals surface area contributed by atoms with E-state index in [9.17, 15) is 5.11 Å². The molecule has 20 heavy (non-hydrogen) atoms. The highest BCUT2D eigenvalue weighted by atomic mass is 35.5. The molecule has 0 bridgehead atoms. The molecule has 104 valence electrons. The van der Waals surface area contributed by atoms with Gasteiger partial charge in [0.05, 0.1) is 0 Å². The Balaban J connectivity index is 1.91. The summed E-state index contributed by atoms with van der Waals surface area (Å²) in [5.74, 6) is 0.655. The van der Waals surface area contributed by atoms with Crippen LogP contribution in [0.2, 0.25) is 10.0 Å². The van der Waals surface area contributed by atoms with Crippen LogP contribution < -0.4 is 0 Å². The number of aliphatic hydroxyl groups excluding tert-OH is 1. The van der Waals surface area contributed by atoms with Crippen molar-refractivity contribution < 1.29 is 5.11 Å². The summed E-state index contributed by atoms with van der Waals surface area (Å²) < 4.78 is 0. The predicted molar refractivity (Wildman–Crippen MR) is 83.6 cm³/mol. The molecule has 1 aliphatic carbocycles. The number of benzene rings is 2. The van der Waals surface area contributed by atoms with Gasteiger partial charge in [0.2, 0.25) is 0 Å². The van der Waals surface area contributed by atoms with Gasteiger partial charge in [-0.2, -0.15) is 0 Å². The zero-order valence-corrected chi connectivity index (χ0v) is 12.5. The molecule has 0 amide bonds. The summed E-state index contributed by atoms with van der Waals surface area (Å²) in [4.78, 5) is 0. The van der Waals surface area contributed by atoms with Crippen molar-refractivity contribution in [1.82, 2.24) is 0 Å². The minimum absolute atomic E-state index is 0.499. The molecule has 0 spiro atoms. The first kappa shape index (κ1) is 13.9. The Morgan fingerprint density at radius 1 is 1.05 bits per heavy atom. The van der Waals surface area contributed by atoms with Gasteiger partial charge in [0, 0.05) is 15.6 Å². The van der Waals surface area contributed by atoms with E-state index in [1.807, 2.05) is 12.1 Å². The van der Waals surface area contributed by atoms with Gasteiger partial charge < -0.3 is 5.11 Å². The Labute approximate surface area is 129 Å². The van der Waals surface area contributed by atoms with Crippen LogP contribution in [-0.2, 0) is 0 Å². The average molecular weight is 307 g/mol. The van der Waals surface area contributed by atoms with E-state index in [1.165, 1.54) is 24.8 Å². The highest BCUT2D eigenvalue weighted by molar-refractivity contribution is 6.35. The van der Waals surface area contributed by atoms with Crippen LogP contribution in [-0.4, -0.2) is 5.11 Å². The highest BCUT2D eigenvalue weighted by Gasteiger charge is 2.21. The first-order valence-electron chi connectivity index (χ1n) is 6.88. The van der Waals surface area contributed by atoms with Gasteiger partial charge in [-0.1, -0.05) is 60.0 Å². The van der Waals surface area contributed by atoms with Crippen molar-refractivity contribution in [3.63, 3.8) is 0 Å². The maximum Gasteiger partial charge on any atom is 0.105 e. The smallest absolute Gasteiger partial charge is 0.105 e. The lowest BCUT2D eigenvalue weighted by Gasteiger charge is -2.26. The first-order chi connectivity index (χ1) is 9.65. The summed E-state index contributed by atoms with van der Waals surface area (Å²) in [6.45, 7) is 0. The van der Waals surface area contributed by atoms with Crippen LogP contribution in [0, 0.1) is 0 Å². The minimum atomic E-state index is -0.709. The van der Waals surface area contributed by atoms with E-state index in [0.717, 1.165) is 5.56 Å². The molecule has 1 unspecified atom stereocenters. The van der Waals surface area contributed by atoms with E-state index < -0.39 is 6.10 Å². The molecule has 2 aromatic rings. The summed E-state index contributed by atoms with van der Waals surface area (Å²) in [5, 5.41) is 11.6. The Bertz CT molecular complexity index is 620. The molecule has 1 nitrogen and oxygen atoms in total. The molecule has 0 saturated heterocycles. The summed E-state index contributed by atoms with van der Waals surface area (Å²) in [6, 6.07) is 13.4. The third-order valence-corrected chi connectivity index (χ3v) is 4.62. The lowest BCUT2D eigenvalue weighted by atomic mass is 9.79. The Morgan fingerprint density at radius 2 is 1.85 bits per heavy atom.